The fraction of sp³-hybridized carbons (Fsp3) is 0.448. The highest BCUT2D eigenvalue weighted by Gasteiger charge is 2.33. The third-order valence-corrected chi connectivity index (χ3v) is 7.20. The molecule has 0 bridgehead atoms. The lowest BCUT2D eigenvalue weighted by molar-refractivity contribution is 0.127. The highest BCUT2D eigenvalue weighted by atomic mass is 16.1. The second-order valence-electron chi connectivity index (χ2n) is 10.7. The van der Waals surface area contributed by atoms with E-state index < -0.39 is 0 Å². The van der Waals surface area contributed by atoms with Gasteiger partial charge in [-0.2, -0.15) is 0 Å². The van der Waals surface area contributed by atoms with Crippen LogP contribution in [0.3, 0.4) is 0 Å². The van der Waals surface area contributed by atoms with Crippen LogP contribution < -0.4 is 5.56 Å². The lowest BCUT2D eigenvalue weighted by Gasteiger charge is -2.35. The number of fused-ring (bicyclic) bond motifs is 1. The molecule has 0 unspecified atom stereocenters. The molecule has 0 radical (unpaired) electrons. The van der Waals surface area contributed by atoms with Crippen molar-refractivity contribution in [2.45, 2.75) is 72.5 Å². The second-order valence-corrected chi connectivity index (χ2v) is 10.7. The van der Waals surface area contributed by atoms with Crippen LogP contribution in [0.5, 0.6) is 0 Å². The Morgan fingerprint density at radius 3 is 2.53 bits per heavy atom. The van der Waals surface area contributed by atoms with Gasteiger partial charge in [-0.25, -0.2) is 4.68 Å². The molecule has 0 aliphatic heterocycles. The smallest absolute Gasteiger partial charge is 0.252 e. The molecule has 4 aromatic rings. The summed E-state index contributed by atoms with van der Waals surface area (Å²) in [6.45, 7) is 14.2. The van der Waals surface area contributed by atoms with Gasteiger partial charge in [-0.05, 0) is 78.6 Å². The normalized spacial score (nSPS) is 13.1. The molecule has 0 spiro atoms. The van der Waals surface area contributed by atoms with Gasteiger partial charge in [0, 0.05) is 24.2 Å². The number of hydrogen-bond donors (Lipinski definition) is 1. The van der Waals surface area contributed by atoms with Gasteiger partial charge in [-0.15, -0.1) is 5.10 Å². The molecule has 0 saturated carbocycles. The SMILES string of the molecule is CCC(C)(C)n1nnnc1[C@H](C(C)C)N(CCc1ccccc1)Cc1cc2ccc(C)cc2[nH]c1=O. The van der Waals surface area contributed by atoms with E-state index in [0.717, 1.165) is 47.2 Å². The van der Waals surface area contributed by atoms with Crippen LogP contribution in [0.4, 0.5) is 0 Å². The zero-order valence-electron chi connectivity index (χ0n) is 22.3. The molecule has 1 atom stereocenters. The predicted octanol–water partition coefficient (Wildman–Crippen LogP) is 5.41. The number of nitrogens with one attached hydrogen (secondary N) is 1. The minimum absolute atomic E-state index is 0.0474. The number of rotatable bonds is 10. The molecular formula is C29H38N6O. The van der Waals surface area contributed by atoms with Crippen molar-refractivity contribution < 1.29 is 0 Å². The van der Waals surface area contributed by atoms with E-state index in [-0.39, 0.29) is 23.1 Å². The number of pyridine rings is 1. The first-order valence-electron chi connectivity index (χ1n) is 12.9. The minimum atomic E-state index is -0.213. The first-order chi connectivity index (χ1) is 17.2. The van der Waals surface area contributed by atoms with Gasteiger partial charge < -0.3 is 4.98 Å². The third-order valence-electron chi connectivity index (χ3n) is 7.20. The Labute approximate surface area is 213 Å². The van der Waals surface area contributed by atoms with Crippen LogP contribution in [0.1, 0.15) is 69.6 Å². The van der Waals surface area contributed by atoms with Crippen molar-refractivity contribution in [3.63, 3.8) is 0 Å². The fourth-order valence-electron chi connectivity index (χ4n) is 4.77. The summed E-state index contributed by atoms with van der Waals surface area (Å²) in [7, 11) is 0. The van der Waals surface area contributed by atoms with Crippen molar-refractivity contribution in [3.05, 3.63) is 87.5 Å². The van der Waals surface area contributed by atoms with Crippen molar-refractivity contribution in [1.29, 1.82) is 0 Å². The van der Waals surface area contributed by atoms with E-state index in [1.54, 1.807) is 0 Å². The van der Waals surface area contributed by atoms with Gasteiger partial charge in [-0.1, -0.05) is 63.2 Å². The molecule has 0 amide bonds. The van der Waals surface area contributed by atoms with Crippen molar-refractivity contribution in [3.8, 4) is 0 Å². The topological polar surface area (TPSA) is 79.7 Å². The van der Waals surface area contributed by atoms with Crippen molar-refractivity contribution in [1.82, 2.24) is 30.1 Å². The molecule has 0 aliphatic carbocycles. The molecule has 0 aliphatic rings. The molecule has 0 fully saturated rings. The number of H-pyrrole nitrogens is 1. The van der Waals surface area contributed by atoms with Gasteiger partial charge in [0.15, 0.2) is 5.82 Å². The number of aromatic nitrogens is 5. The van der Waals surface area contributed by atoms with E-state index in [2.05, 4.69) is 96.4 Å². The van der Waals surface area contributed by atoms with Crippen LogP contribution in [0, 0.1) is 12.8 Å². The van der Waals surface area contributed by atoms with Crippen LogP contribution in [0.25, 0.3) is 10.9 Å². The molecule has 2 heterocycles. The molecule has 190 valence electrons. The van der Waals surface area contributed by atoms with E-state index >= 15 is 0 Å². The zero-order valence-corrected chi connectivity index (χ0v) is 22.3. The summed E-state index contributed by atoms with van der Waals surface area (Å²) >= 11 is 0. The highest BCUT2D eigenvalue weighted by Crippen LogP contribution is 2.32. The summed E-state index contributed by atoms with van der Waals surface area (Å²) in [5.74, 6) is 1.08. The molecule has 0 saturated heterocycles. The Kier molecular flexibility index (Phi) is 7.69. The number of tetrazole rings is 1. The third kappa shape index (κ3) is 5.57. The largest absolute Gasteiger partial charge is 0.322 e. The average Bonchev–Trinajstić information content (AvgIpc) is 3.34. The number of hydrogen-bond acceptors (Lipinski definition) is 5. The Hall–Kier alpha value is -3.32. The summed E-state index contributed by atoms with van der Waals surface area (Å²) in [5, 5.41) is 14.0. The molecule has 2 aromatic heterocycles. The summed E-state index contributed by atoms with van der Waals surface area (Å²) in [4.78, 5) is 18.6. The van der Waals surface area contributed by atoms with E-state index in [1.807, 2.05) is 29.8 Å². The average molecular weight is 487 g/mol. The lowest BCUT2D eigenvalue weighted by atomic mass is 9.97. The lowest BCUT2D eigenvalue weighted by Crippen LogP contribution is -2.39. The molecule has 1 N–H and O–H groups in total. The summed E-state index contributed by atoms with van der Waals surface area (Å²) in [6, 6.07) is 18.6. The van der Waals surface area contributed by atoms with Gasteiger partial charge >= 0.3 is 0 Å². The van der Waals surface area contributed by atoms with Gasteiger partial charge in [-0.3, -0.25) is 9.69 Å². The van der Waals surface area contributed by atoms with E-state index in [9.17, 15) is 4.79 Å². The van der Waals surface area contributed by atoms with Crippen LogP contribution in [0.2, 0.25) is 0 Å². The number of aryl methyl sites for hydroxylation is 1. The standard InChI is InChI=1S/C29H38N6O/c1-7-29(5,6)35-27(31-32-33-35)26(20(2)3)34(16-15-22-11-9-8-10-12-22)19-24-18-23-14-13-21(4)17-25(23)30-28(24)36/h8-14,17-18,20,26H,7,15-16,19H2,1-6H3,(H,30,36)/t26-/m0/s1. The highest BCUT2D eigenvalue weighted by molar-refractivity contribution is 5.79. The molecular weight excluding hydrogens is 448 g/mol. The van der Waals surface area contributed by atoms with Gasteiger partial charge in [0.25, 0.3) is 5.56 Å². The quantitative estimate of drug-likeness (QED) is 0.324. The molecule has 7 nitrogen and oxygen atoms in total. The van der Waals surface area contributed by atoms with Crippen LogP contribution in [-0.4, -0.2) is 36.6 Å². The van der Waals surface area contributed by atoms with Gasteiger partial charge in [0.05, 0.1) is 11.6 Å². The van der Waals surface area contributed by atoms with Gasteiger partial charge in [0.2, 0.25) is 0 Å². The van der Waals surface area contributed by atoms with Crippen molar-refractivity contribution in [2.24, 2.45) is 5.92 Å². The predicted molar refractivity (Wildman–Crippen MR) is 145 cm³/mol. The maximum Gasteiger partial charge on any atom is 0.252 e. The molecule has 36 heavy (non-hydrogen) atoms. The number of aromatic amines is 1. The van der Waals surface area contributed by atoms with E-state index in [0.29, 0.717) is 6.54 Å². The Morgan fingerprint density at radius 2 is 1.83 bits per heavy atom. The van der Waals surface area contributed by atoms with Crippen LogP contribution >= 0.6 is 0 Å². The molecule has 7 heteroatoms. The Balaban J connectivity index is 1.76. The Bertz CT molecular complexity index is 1360. The van der Waals surface area contributed by atoms with E-state index in [1.165, 1.54) is 5.56 Å². The number of benzene rings is 2. The minimum Gasteiger partial charge on any atom is -0.322 e. The molecule has 4 rings (SSSR count). The maximum atomic E-state index is 13.2. The van der Waals surface area contributed by atoms with Gasteiger partial charge in [0.1, 0.15) is 0 Å². The first-order valence-corrected chi connectivity index (χ1v) is 12.9. The molecule has 2 aromatic carbocycles. The zero-order chi connectivity index (χ0) is 25.9. The summed E-state index contributed by atoms with van der Waals surface area (Å²) in [5.41, 5.74) is 3.75. The van der Waals surface area contributed by atoms with Crippen molar-refractivity contribution >= 4 is 10.9 Å². The first kappa shape index (κ1) is 25.8. The van der Waals surface area contributed by atoms with Crippen LogP contribution in [-0.2, 0) is 18.5 Å². The second kappa shape index (κ2) is 10.7. The fourth-order valence-corrected chi connectivity index (χ4v) is 4.77. The summed E-state index contributed by atoms with van der Waals surface area (Å²) in [6.07, 6.45) is 1.77. The van der Waals surface area contributed by atoms with E-state index in [4.69, 9.17) is 0 Å². The maximum absolute atomic E-state index is 13.2. The number of nitrogens with zero attached hydrogens (tertiary/aromatic N) is 5. The van der Waals surface area contributed by atoms with Crippen molar-refractivity contribution in [2.75, 3.05) is 6.54 Å². The summed E-state index contributed by atoms with van der Waals surface area (Å²) < 4.78 is 1.97. The Morgan fingerprint density at radius 1 is 1.08 bits per heavy atom. The van der Waals surface area contributed by atoms with Crippen LogP contribution in [0.15, 0.2) is 59.4 Å². The monoisotopic (exact) mass is 486 g/mol.